The fourth-order valence-corrected chi connectivity index (χ4v) is 5.90. The number of piperidine rings is 1. The van der Waals surface area contributed by atoms with E-state index in [4.69, 9.17) is 4.74 Å². The average molecular weight is 484 g/mol. The SMILES string of the molecule is COc1ccc(CN2CCC3(CCN(CC[C@H](NC(=O)C(C)C)c4cccs4)CC3)C2=O)cc1. The lowest BCUT2D eigenvalue weighted by molar-refractivity contribution is -0.139. The number of hydrogen-bond acceptors (Lipinski definition) is 5. The zero-order valence-electron chi connectivity index (χ0n) is 20.6. The molecule has 1 aromatic carbocycles. The van der Waals surface area contributed by atoms with Crippen molar-refractivity contribution in [3.63, 3.8) is 0 Å². The lowest BCUT2D eigenvalue weighted by Crippen LogP contribution is -2.45. The van der Waals surface area contributed by atoms with E-state index >= 15 is 0 Å². The van der Waals surface area contributed by atoms with Gasteiger partial charge in [-0.3, -0.25) is 9.59 Å². The molecule has 0 bridgehead atoms. The van der Waals surface area contributed by atoms with E-state index in [0.29, 0.717) is 12.5 Å². The van der Waals surface area contributed by atoms with Gasteiger partial charge >= 0.3 is 0 Å². The molecule has 184 valence electrons. The summed E-state index contributed by atoms with van der Waals surface area (Å²) in [6, 6.07) is 12.2. The summed E-state index contributed by atoms with van der Waals surface area (Å²) in [4.78, 5) is 31.4. The van der Waals surface area contributed by atoms with Crippen LogP contribution in [0.2, 0.25) is 0 Å². The Morgan fingerprint density at radius 1 is 1.12 bits per heavy atom. The molecule has 0 saturated carbocycles. The van der Waals surface area contributed by atoms with Crippen molar-refractivity contribution < 1.29 is 14.3 Å². The fourth-order valence-electron chi connectivity index (χ4n) is 5.09. The van der Waals surface area contributed by atoms with Crippen LogP contribution in [0.4, 0.5) is 0 Å². The molecule has 1 aromatic heterocycles. The van der Waals surface area contributed by atoms with E-state index in [1.807, 2.05) is 49.1 Å². The number of benzene rings is 1. The van der Waals surface area contributed by atoms with Crippen molar-refractivity contribution in [3.8, 4) is 5.75 Å². The van der Waals surface area contributed by atoms with Gasteiger partial charge in [0.15, 0.2) is 0 Å². The third kappa shape index (κ3) is 5.63. The lowest BCUT2D eigenvalue weighted by Gasteiger charge is -2.38. The average Bonchev–Trinajstić information content (AvgIpc) is 3.48. The van der Waals surface area contributed by atoms with Gasteiger partial charge in [0.2, 0.25) is 11.8 Å². The van der Waals surface area contributed by atoms with Crippen molar-refractivity contribution in [1.29, 1.82) is 0 Å². The first-order valence-electron chi connectivity index (χ1n) is 12.4. The molecule has 2 saturated heterocycles. The molecule has 2 aromatic rings. The van der Waals surface area contributed by atoms with Crippen LogP contribution in [0.1, 0.15) is 56.0 Å². The van der Waals surface area contributed by atoms with Crippen molar-refractivity contribution in [2.24, 2.45) is 11.3 Å². The molecule has 1 spiro atoms. The number of nitrogens with zero attached hydrogens (tertiary/aromatic N) is 2. The van der Waals surface area contributed by atoms with Gasteiger partial charge in [0, 0.05) is 30.4 Å². The summed E-state index contributed by atoms with van der Waals surface area (Å²) < 4.78 is 5.24. The maximum atomic E-state index is 13.4. The maximum absolute atomic E-state index is 13.4. The molecule has 34 heavy (non-hydrogen) atoms. The van der Waals surface area contributed by atoms with Crippen molar-refractivity contribution in [2.75, 3.05) is 33.3 Å². The number of likely N-dealkylation sites (tertiary alicyclic amines) is 2. The van der Waals surface area contributed by atoms with Crippen LogP contribution in [0.3, 0.4) is 0 Å². The molecular formula is C27H37N3O3S. The molecule has 3 heterocycles. The van der Waals surface area contributed by atoms with E-state index < -0.39 is 0 Å². The number of rotatable bonds is 9. The second kappa shape index (κ2) is 10.9. The first-order valence-corrected chi connectivity index (χ1v) is 13.3. The summed E-state index contributed by atoms with van der Waals surface area (Å²) in [6.45, 7) is 8.19. The summed E-state index contributed by atoms with van der Waals surface area (Å²) in [5.74, 6) is 1.24. The Bertz CT molecular complexity index is 950. The van der Waals surface area contributed by atoms with E-state index in [1.54, 1.807) is 18.4 Å². The molecule has 0 aliphatic carbocycles. The van der Waals surface area contributed by atoms with Crippen LogP contribution in [0.5, 0.6) is 5.75 Å². The van der Waals surface area contributed by atoms with E-state index in [2.05, 4.69) is 21.7 Å². The minimum absolute atomic E-state index is 0.0217. The summed E-state index contributed by atoms with van der Waals surface area (Å²) in [5.41, 5.74) is 0.953. The van der Waals surface area contributed by atoms with Gasteiger partial charge in [-0.1, -0.05) is 32.0 Å². The predicted octanol–water partition coefficient (Wildman–Crippen LogP) is 4.47. The largest absolute Gasteiger partial charge is 0.497 e. The molecule has 2 amide bonds. The van der Waals surface area contributed by atoms with Crippen LogP contribution >= 0.6 is 11.3 Å². The maximum Gasteiger partial charge on any atom is 0.229 e. The molecule has 0 radical (unpaired) electrons. The topological polar surface area (TPSA) is 61.9 Å². The van der Waals surface area contributed by atoms with Gasteiger partial charge in [0.05, 0.1) is 18.6 Å². The number of methoxy groups -OCH3 is 1. The minimum atomic E-state index is -0.192. The first-order chi connectivity index (χ1) is 16.4. The molecule has 6 nitrogen and oxygen atoms in total. The zero-order valence-corrected chi connectivity index (χ0v) is 21.4. The Hall–Kier alpha value is -2.38. The van der Waals surface area contributed by atoms with E-state index in [-0.39, 0.29) is 23.3 Å². The number of carbonyl (C=O) groups is 2. The number of hydrogen-bond donors (Lipinski definition) is 1. The van der Waals surface area contributed by atoms with Crippen molar-refractivity contribution in [1.82, 2.24) is 15.1 Å². The third-order valence-corrected chi connectivity index (χ3v) is 8.39. The third-order valence-electron chi connectivity index (χ3n) is 7.41. The Morgan fingerprint density at radius 2 is 1.82 bits per heavy atom. The second-order valence-corrected chi connectivity index (χ2v) is 10.9. The Morgan fingerprint density at radius 3 is 2.44 bits per heavy atom. The highest BCUT2D eigenvalue weighted by atomic mass is 32.1. The normalized spacial score (nSPS) is 19.1. The molecule has 4 rings (SSSR count). The molecule has 2 fully saturated rings. The number of ether oxygens (including phenoxy) is 1. The number of thiophene rings is 1. The molecular weight excluding hydrogens is 446 g/mol. The second-order valence-electron chi connectivity index (χ2n) is 9.97. The Labute approximate surface area is 207 Å². The van der Waals surface area contributed by atoms with Gasteiger partial charge in [-0.05, 0) is 67.9 Å². The molecule has 1 atom stereocenters. The molecule has 7 heteroatoms. The van der Waals surface area contributed by atoms with Crippen LogP contribution in [0.15, 0.2) is 41.8 Å². The standard InChI is InChI=1S/C27H37N3O3S/c1-20(2)25(31)28-23(24-5-4-18-34-24)10-14-29-15-11-27(12-16-29)13-17-30(26(27)32)19-21-6-8-22(33-3)9-7-21/h4-9,18,20,23H,10-17,19H2,1-3H3,(H,28,31)/t23-/m0/s1. The number of nitrogens with one attached hydrogen (secondary N) is 1. The monoisotopic (exact) mass is 483 g/mol. The summed E-state index contributed by atoms with van der Waals surface area (Å²) in [6.07, 6.45) is 3.70. The van der Waals surface area contributed by atoms with Crippen molar-refractivity contribution in [3.05, 3.63) is 52.2 Å². The van der Waals surface area contributed by atoms with Gasteiger partial charge in [-0.2, -0.15) is 0 Å². The van der Waals surface area contributed by atoms with Gasteiger partial charge in [-0.25, -0.2) is 0 Å². The van der Waals surface area contributed by atoms with Gasteiger partial charge in [-0.15, -0.1) is 11.3 Å². The molecule has 1 N–H and O–H groups in total. The quantitative estimate of drug-likeness (QED) is 0.572. The summed E-state index contributed by atoms with van der Waals surface area (Å²) in [5, 5.41) is 5.29. The van der Waals surface area contributed by atoms with Gasteiger partial charge in [0.1, 0.15) is 5.75 Å². The van der Waals surface area contributed by atoms with Crippen molar-refractivity contribution in [2.45, 2.75) is 52.1 Å². The van der Waals surface area contributed by atoms with Crippen molar-refractivity contribution >= 4 is 23.2 Å². The predicted molar refractivity (Wildman–Crippen MR) is 136 cm³/mol. The smallest absolute Gasteiger partial charge is 0.229 e. The van der Waals surface area contributed by atoms with Crippen LogP contribution in [-0.2, 0) is 16.1 Å². The first kappa shape index (κ1) is 24.7. The van der Waals surface area contributed by atoms with Crippen LogP contribution in [-0.4, -0.2) is 54.9 Å². The highest BCUT2D eigenvalue weighted by Crippen LogP contribution is 2.42. The Kier molecular flexibility index (Phi) is 7.94. The summed E-state index contributed by atoms with van der Waals surface area (Å²) >= 11 is 1.70. The highest BCUT2D eigenvalue weighted by Gasteiger charge is 2.47. The molecule has 0 unspecified atom stereocenters. The zero-order chi connectivity index (χ0) is 24.1. The van der Waals surface area contributed by atoms with Crippen LogP contribution in [0.25, 0.3) is 0 Å². The van der Waals surface area contributed by atoms with Gasteiger partial charge < -0.3 is 19.9 Å². The van der Waals surface area contributed by atoms with E-state index in [0.717, 1.165) is 63.2 Å². The number of amides is 2. The lowest BCUT2D eigenvalue weighted by atomic mass is 9.77. The Balaban J connectivity index is 1.29. The fraction of sp³-hybridized carbons (Fsp3) is 0.556. The minimum Gasteiger partial charge on any atom is -0.497 e. The molecule has 2 aliphatic heterocycles. The van der Waals surface area contributed by atoms with Crippen LogP contribution < -0.4 is 10.1 Å². The molecule has 2 aliphatic rings. The van der Waals surface area contributed by atoms with Crippen LogP contribution in [0, 0.1) is 11.3 Å². The highest BCUT2D eigenvalue weighted by molar-refractivity contribution is 7.10. The number of carbonyl (C=O) groups excluding carboxylic acids is 2. The van der Waals surface area contributed by atoms with E-state index in [9.17, 15) is 9.59 Å². The van der Waals surface area contributed by atoms with Gasteiger partial charge in [0.25, 0.3) is 0 Å². The van der Waals surface area contributed by atoms with E-state index in [1.165, 1.54) is 4.88 Å². The summed E-state index contributed by atoms with van der Waals surface area (Å²) in [7, 11) is 1.67.